The molecular weight excluding hydrogens is 362 g/mol. The lowest BCUT2D eigenvalue weighted by Gasteiger charge is -2.07. The molecule has 0 aliphatic rings. The zero-order chi connectivity index (χ0) is 19.1. The summed E-state index contributed by atoms with van der Waals surface area (Å²) in [5, 5.41) is 7.07. The predicted octanol–water partition coefficient (Wildman–Crippen LogP) is 8.22. The summed E-state index contributed by atoms with van der Waals surface area (Å²) in [6.07, 6.45) is 6.16. The Morgan fingerprint density at radius 2 is 1.82 bits per heavy atom. The van der Waals surface area contributed by atoms with Crippen molar-refractivity contribution in [3.63, 3.8) is 0 Å². The van der Waals surface area contributed by atoms with Crippen molar-refractivity contribution in [2.45, 2.75) is 6.92 Å². The maximum absolute atomic E-state index is 6.13. The molecule has 0 atom stereocenters. The molecule has 5 aromatic rings. The van der Waals surface area contributed by atoms with Crippen LogP contribution >= 0.6 is 11.3 Å². The second kappa shape index (κ2) is 6.70. The molecule has 5 rings (SSSR count). The monoisotopic (exact) mass is 381 g/mol. The normalized spacial score (nSPS) is 11.8. The first kappa shape index (κ1) is 16.8. The lowest BCUT2D eigenvalue weighted by molar-refractivity contribution is 0.670. The van der Waals surface area contributed by atoms with Crippen molar-refractivity contribution in [2.24, 2.45) is 0 Å². The highest BCUT2D eigenvalue weighted by molar-refractivity contribution is 7.20. The van der Waals surface area contributed by atoms with E-state index in [0.717, 1.165) is 33.3 Å². The summed E-state index contributed by atoms with van der Waals surface area (Å²) in [7, 11) is 0. The molecule has 0 radical (unpaired) electrons. The summed E-state index contributed by atoms with van der Waals surface area (Å²) in [5.74, 6) is 0. The number of rotatable bonds is 4. The molecule has 0 fully saturated rings. The molecule has 3 heteroatoms. The average Bonchev–Trinajstić information content (AvgIpc) is 3.27. The van der Waals surface area contributed by atoms with E-state index >= 15 is 0 Å². The van der Waals surface area contributed by atoms with Gasteiger partial charge in [-0.3, -0.25) is 0 Å². The molecule has 136 valence electrons. The molecule has 0 aliphatic carbocycles. The molecule has 0 saturated carbocycles. The van der Waals surface area contributed by atoms with E-state index in [1.165, 1.54) is 20.5 Å². The summed E-state index contributed by atoms with van der Waals surface area (Å²) in [6, 6.07) is 20.9. The SMILES string of the molecule is C=Cc1sc2cc(Nc3cccc4c3oc3ccccc34)ccc2c1/C=C\C. The molecule has 0 unspecified atom stereocenters. The van der Waals surface area contributed by atoms with Crippen LogP contribution in [0.15, 0.2) is 77.7 Å². The first-order valence-corrected chi connectivity index (χ1v) is 10.1. The van der Waals surface area contributed by atoms with E-state index in [-0.39, 0.29) is 0 Å². The Bertz CT molecular complexity index is 1370. The molecule has 2 nitrogen and oxygen atoms in total. The lowest BCUT2D eigenvalue weighted by atomic mass is 10.1. The third-order valence-electron chi connectivity index (χ3n) is 4.96. The molecule has 3 aromatic carbocycles. The number of para-hydroxylation sites is 2. The Kier molecular flexibility index (Phi) is 4.03. The van der Waals surface area contributed by atoms with Crippen molar-refractivity contribution in [1.82, 2.24) is 0 Å². The first-order valence-electron chi connectivity index (χ1n) is 9.27. The maximum atomic E-state index is 6.13. The maximum Gasteiger partial charge on any atom is 0.158 e. The Labute approximate surface area is 167 Å². The van der Waals surface area contributed by atoms with Crippen molar-refractivity contribution < 1.29 is 4.42 Å². The Balaban J connectivity index is 1.61. The molecule has 0 aliphatic heterocycles. The molecule has 1 N–H and O–H groups in total. The topological polar surface area (TPSA) is 25.2 Å². The fraction of sp³-hybridized carbons (Fsp3) is 0.0400. The summed E-state index contributed by atoms with van der Waals surface area (Å²) >= 11 is 1.76. The number of allylic oxidation sites excluding steroid dienone is 1. The van der Waals surface area contributed by atoms with Gasteiger partial charge < -0.3 is 9.73 Å². The number of nitrogens with one attached hydrogen (secondary N) is 1. The quantitative estimate of drug-likeness (QED) is 0.339. The van der Waals surface area contributed by atoms with Gasteiger partial charge >= 0.3 is 0 Å². The van der Waals surface area contributed by atoms with Crippen LogP contribution in [0.4, 0.5) is 11.4 Å². The smallest absolute Gasteiger partial charge is 0.158 e. The number of thiophene rings is 1. The van der Waals surface area contributed by atoms with Crippen molar-refractivity contribution in [2.75, 3.05) is 5.32 Å². The fourth-order valence-electron chi connectivity index (χ4n) is 3.70. The van der Waals surface area contributed by atoms with E-state index in [4.69, 9.17) is 4.42 Å². The minimum Gasteiger partial charge on any atom is -0.454 e. The van der Waals surface area contributed by atoms with Gasteiger partial charge in [0.25, 0.3) is 0 Å². The molecule has 2 aromatic heterocycles. The number of fused-ring (bicyclic) bond motifs is 4. The number of benzene rings is 3. The Morgan fingerprint density at radius 3 is 2.68 bits per heavy atom. The average molecular weight is 382 g/mol. The third-order valence-corrected chi connectivity index (χ3v) is 6.12. The molecule has 0 saturated heterocycles. The van der Waals surface area contributed by atoms with Gasteiger partial charge in [0.15, 0.2) is 5.58 Å². The van der Waals surface area contributed by atoms with Crippen molar-refractivity contribution >= 4 is 66.9 Å². The van der Waals surface area contributed by atoms with Gasteiger partial charge in [-0.05, 0) is 36.8 Å². The highest BCUT2D eigenvalue weighted by Crippen LogP contribution is 2.37. The van der Waals surface area contributed by atoms with E-state index in [1.54, 1.807) is 11.3 Å². The third kappa shape index (κ3) is 2.63. The summed E-state index contributed by atoms with van der Waals surface area (Å²) < 4.78 is 7.37. The van der Waals surface area contributed by atoms with Crippen LogP contribution in [0.25, 0.3) is 44.2 Å². The highest BCUT2D eigenvalue weighted by atomic mass is 32.1. The fourth-order valence-corrected chi connectivity index (χ4v) is 4.79. The molecule has 0 spiro atoms. The predicted molar refractivity (Wildman–Crippen MR) is 124 cm³/mol. The van der Waals surface area contributed by atoms with E-state index in [2.05, 4.69) is 66.5 Å². The number of hydrogen-bond donors (Lipinski definition) is 1. The second-order valence-electron chi connectivity index (χ2n) is 6.70. The van der Waals surface area contributed by atoms with Gasteiger partial charge in [-0.25, -0.2) is 0 Å². The zero-order valence-corrected chi connectivity index (χ0v) is 16.3. The lowest BCUT2D eigenvalue weighted by Crippen LogP contribution is -1.90. The standard InChI is InChI=1S/C25H19NOS/c1-3-8-18-19-14-13-16(15-24(19)28-23(18)4-2)26-21-11-7-10-20-17-9-5-6-12-22(17)27-25(20)21/h3-15,26H,2H2,1H3/b8-3-. The minimum atomic E-state index is 0.886. The molecule has 28 heavy (non-hydrogen) atoms. The van der Waals surface area contributed by atoms with Crippen LogP contribution in [0.1, 0.15) is 17.4 Å². The Morgan fingerprint density at radius 1 is 0.964 bits per heavy atom. The van der Waals surface area contributed by atoms with Crippen LogP contribution in [-0.4, -0.2) is 0 Å². The van der Waals surface area contributed by atoms with Gasteiger partial charge in [0.2, 0.25) is 0 Å². The summed E-state index contributed by atoms with van der Waals surface area (Å²) in [6.45, 7) is 6.00. The van der Waals surface area contributed by atoms with Crippen LogP contribution in [0.2, 0.25) is 0 Å². The molecule has 0 amide bonds. The molecule has 2 heterocycles. The van der Waals surface area contributed by atoms with Crippen molar-refractivity contribution in [1.29, 1.82) is 0 Å². The summed E-state index contributed by atoms with van der Waals surface area (Å²) in [5.41, 5.74) is 5.05. The van der Waals surface area contributed by atoms with Crippen LogP contribution in [0.3, 0.4) is 0 Å². The number of furan rings is 1. The van der Waals surface area contributed by atoms with E-state index in [0.29, 0.717) is 0 Å². The van der Waals surface area contributed by atoms with Gasteiger partial charge in [-0.15, -0.1) is 11.3 Å². The van der Waals surface area contributed by atoms with E-state index < -0.39 is 0 Å². The van der Waals surface area contributed by atoms with Gasteiger partial charge in [-0.1, -0.05) is 61.2 Å². The number of hydrogen-bond acceptors (Lipinski definition) is 3. The van der Waals surface area contributed by atoms with E-state index in [1.807, 2.05) is 31.2 Å². The van der Waals surface area contributed by atoms with Crippen LogP contribution in [-0.2, 0) is 0 Å². The van der Waals surface area contributed by atoms with Crippen LogP contribution in [0, 0.1) is 0 Å². The van der Waals surface area contributed by atoms with Crippen molar-refractivity contribution in [3.8, 4) is 0 Å². The first-order chi connectivity index (χ1) is 13.8. The van der Waals surface area contributed by atoms with Crippen molar-refractivity contribution in [3.05, 3.63) is 83.8 Å². The molecule has 0 bridgehead atoms. The molecular formula is C25H19NOS. The minimum absolute atomic E-state index is 0.886. The van der Waals surface area contributed by atoms with Gasteiger partial charge in [0, 0.05) is 31.4 Å². The van der Waals surface area contributed by atoms with Gasteiger partial charge in [0.05, 0.1) is 5.69 Å². The largest absolute Gasteiger partial charge is 0.454 e. The Hall–Kier alpha value is -3.30. The highest BCUT2D eigenvalue weighted by Gasteiger charge is 2.12. The zero-order valence-electron chi connectivity index (χ0n) is 15.5. The van der Waals surface area contributed by atoms with Crippen LogP contribution < -0.4 is 5.32 Å². The summed E-state index contributed by atoms with van der Waals surface area (Å²) in [4.78, 5) is 1.20. The second-order valence-corrected chi connectivity index (χ2v) is 7.78. The van der Waals surface area contributed by atoms with Gasteiger partial charge in [0.1, 0.15) is 5.58 Å². The van der Waals surface area contributed by atoms with E-state index in [9.17, 15) is 0 Å². The van der Waals surface area contributed by atoms with Gasteiger partial charge in [-0.2, -0.15) is 0 Å². The number of anilines is 2. The van der Waals surface area contributed by atoms with Crippen LogP contribution in [0.5, 0.6) is 0 Å².